The molecule has 1 unspecified atom stereocenters. The van der Waals surface area contributed by atoms with Gasteiger partial charge in [0.15, 0.2) is 0 Å². The van der Waals surface area contributed by atoms with Crippen LogP contribution in [-0.4, -0.2) is 66.4 Å². The van der Waals surface area contributed by atoms with Crippen LogP contribution in [-0.2, 0) is 4.74 Å². The average molecular weight is 312 g/mol. The van der Waals surface area contributed by atoms with Crippen molar-refractivity contribution in [2.75, 3.05) is 61.7 Å². The molecular formula is C13H24N6OS. The van der Waals surface area contributed by atoms with Crippen LogP contribution in [0.25, 0.3) is 0 Å². The third kappa shape index (κ3) is 4.89. The highest BCUT2D eigenvalue weighted by Gasteiger charge is 2.16. The Bertz CT molecular complexity index is 441. The van der Waals surface area contributed by atoms with Crippen molar-refractivity contribution in [1.82, 2.24) is 15.0 Å². The molecule has 2 heterocycles. The van der Waals surface area contributed by atoms with Gasteiger partial charge in [0.05, 0.1) is 13.2 Å². The van der Waals surface area contributed by atoms with Crippen LogP contribution >= 0.6 is 11.8 Å². The number of thioether (sulfide) groups is 1. The minimum absolute atomic E-state index is 0.590. The lowest BCUT2D eigenvalue weighted by atomic mass is 10.3. The second-order valence-corrected chi connectivity index (χ2v) is 6.17. The average Bonchev–Trinajstić information content (AvgIpc) is 2.55. The predicted molar refractivity (Wildman–Crippen MR) is 88.5 cm³/mol. The second-order valence-electron chi connectivity index (χ2n) is 4.89. The number of anilines is 3. The molecule has 1 fully saturated rings. The first-order valence-corrected chi connectivity index (χ1v) is 8.55. The summed E-state index contributed by atoms with van der Waals surface area (Å²) in [5, 5.41) is 6.91. The summed E-state index contributed by atoms with van der Waals surface area (Å²) >= 11 is 1.87. The summed E-state index contributed by atoms with van der Waals surface area (Å²) in [4.78, 5) is 15.4. The summed E-state index contributed by atoms with van der Waals surface area (Å²) in [6, 6.07) is 0. The number of nitrogens with one attached hydrogen (secondary N) is 2. The van der Waals surface area contributed by atoms with Crippen LogP contribution in [0.4, 0.5) is 17.8 Å². The Morgan fingerprint density at radius 1 is 1.24 bits per heavy atom. The second kappa shape index (κ2) is 8.23. The van der Waals surface area contributed by atoms with Gasteiger partial charge in [-0.25, -0.2) is 0 Å². The smallest absolute Gasteiger partial charge is 0.232 e. The van der Waals surface area contributed by atoms with Gasteiger partial charge in [-0.05, 0) is 12.7 Å². The van der Waals surface area contributed by atoms with Gasteiger partial charge in [-0.3, -0.25) is 0 Å². The first-order valence-electron chi connectivity index (χ1n) is 7.26. The summed E-state index contributed by atoms with van der Waals surface area (Å²) in [6.45, 7) is 6.14. The van der Waals surface area contributed by atoms with E-state index in [-0.39, 0.29) is 0 Å². The van der Waals surface area contributed by atoms with Crippen molar-refractivity contribution in [2.45, 2.75) is 18.6 Å². The molecule has 2 rings (SSSR count). The van der Waals surface area contributed by atoms with Crippen LogP contribution in [0.1, 0.15) is 13.3 Å². The lowest BCUT2D eigenvalue weighted by Gasteiger charge is -2.27. The number of ether oxygens (including phenoxy) is 1. The van der Waals surface area contributed by atoms with Gasteiger partial charge in [-0.1, -0.05) is 6.92 Å². The highest BCUT2D eigenvalue weighted by atomic mass is 32.2. The zero-order valence-corrected chi connectivity index (χ0v) is 13.7. The SMILES string of the molecule is CNc1nc(NCCC(C)SC)nc(N2CCOCC2)n1. The maximum absolute atomic E-state index is 5.37. The van der Waals surface area contributed by atoms with E-state index in [0.717, 1.165) is 26.1 Å². The Kier molecular flexibility index (Phi) is 6.31. The fourth-order valence-corrected chi connectivity index (χ4v) is 2.32. The van der Waals surface area contributed by atoms with Crippen molar-refractivity contribution in [3.63, 3.8) is 0 Å². The Labute approximate surface area is 130 Å². The summed E-state index contributed by atoms with van der Waals surface area (Å²) in [5.41, 5.74) is 0. The first kappa shape index (κ1) is 16.1. The van der Waals surface area contributed by atoms with E-state index in [4.69, 9.17) is 4.74 Å². The molecule has 0 aliphatic carbocycles. The normalized spacial score (nSPS) is 16.6. The fraction of sp³-hybridized carbons (Fsp3) is 0.769. The van der Waals surface area contributed by atoms with E-state index in [2.05, 4.69) is 43.7 Å². The minimum Gasteiger partial charge on any atom is -0.378 e. The summed E-state index contributed by atoms with van der Waals surface area (Å²) in [6.07, 6.45) is 3.21. The number of morpholine rings is 1. The van der Waals surface area contributed by atoms with Gasteiger partial charge in [-0.15, -0.1) is 0 Å². The molecule has 7 nitrogen and oxygen atoms in total. The molecule has 21 heavy (non-hydrogen) atoms. The van der Waals surface area contributed by atoms with Gasteiger partial charge < -0.3 is 20.3 Å². The highest BCUT2D eigenvalue weighted by Crippen LogP contribution is 2.15. The lowest BCUT2D eigenvalue weighted by Crippen LogP contribution is -2.37. The van der Waals surface area contributed by atoms with Crippen molar-refractivity contribution in [2.24, 2.45) is 0 Å². The van der Waals surface area contributed by atoms with E-state index in [0.29, 0.717) is 36.3 Å². The molecule has 0 amide bonds. The van der Waals surface area contributed by atoms with Crippen LogP contribution in [0.3, 0.4) is 0 Å². The van der Waals surface area contributed by atoms with Gasteiger partial charge in [0.1, 0.15) is 0 Å². The lowest BCUT2D eigenvalue weighted by molar-refractivity contribution is 0.122. The molecule has 0 saturated carbocycles. The number of hydrogen-bond donors (Lipinski definition) is 2. The molecule has 0 spiro atoms. The van der Waals surface area contributed by atoms with Crippen LogP contribution in [0.2, 0.25) is 0 Å². The van der Waals surface area contributed by atoms with E-state index in [9.17, 15) is 0 Å². The Morgan fingerprint density at radius 3 is 2.62 bits per heavy atom. The maximum atomic E-state index is 5.37. The monoisotopic (exact) mass is 312 g/mol. The molecule has 118 valence electrons. The van der Waals surface area contributed by atoms with Crippen LogP contribution in [0.15, 0.2) is 0 Å². The van der Waals surface area contributed by atoms with Gasteiger partial charge in [0.25, 0.3) is 0 Å². The van der Waals surface area contributed by atoms with Crippen LogP contribution < -0.4 is 15.5 Å². The molecule has 1 atom stereocenters. The Hall–Kier alpha value is -1.28. The topological polar surface area (TPSA) is 75.2 Å². The van der Waals surface area contributed by atoms with Gasteiger partial charge >= 0.3 is 0 Å². The molecule has 8 heteroatoms. The van der Waals surface area contributed by atoms with Crippen molar-refractivity contribution in [1.29, 1.82) is 0 Å². The maximum Gasteiger partial charge on any atom is 0.232 e. The Balaban J connectivity index is 2.02. The summed E-state index contributed by atoms with van der Waals surface area (Å²) in [7, 11) is 1.82. The Morgan fingerprint density at radius 2 is 1.95 bits per heavy atom. The molecule has 0 radical (unpaired) electrons. The number of nitrogens with zero attached hydrogens (tertiary/aromatic N) is 4. The third-order valence-electron chi connectivity index (χ3n) is 3.38. The van der Waals surface area contributed by atoms with Crippen molar-refractivity contribution in [3.8, 4) is 0 Å². The number of hydrogen-bond acceptors (Lipinski definition) is 8. The molecule has 1 saturated heterocycles. The molecule has 1 aliphatic heterocycles. The molecule has 0 bridgehead atoms. The van der Waals surface area contributed by atoms with E-state index in [1.165, 1.54) is 0 Å². The number of aromatic nitrogens is 3. The van der Waals surface area contributed by atoms with Crippen LogP contribution in [0.5, 0.6) is 0 Å². The standard InChI is InChI=1S/C13H24N6OS/c1-10(21-3)4-5-15-12-16-11(14-2)17-13(18-12)19-6-8-20-9-7-19/h10H,4-9H2,1-3H3,(H2,14,15,16,17,18). The zero-order chi connectivity index (χ0) is 15.1. The van der Waals surface area contributed by atoms with Gasteiger partial charge in [0.2, 0.25) is 17.8 Å². The van der Waals surface area contributed by atoms with Gasteiger partial charge in [-0.2, -0.15) is 26.7 Å². The third-order valence-corrected chi connectivity index (χ3v) is 4.42. The van der Waals surface area contributed by atoms with E-state index in [1.54, 1.807) is 0 Å². The van der Waals surface area contributed by atoms with Gasteiger partial charge in [0, 0.05) is 31.9 Å². The van der Waals surface area contributed by atoms with E-state index < -0.39 is 0 Å². The molecule has 1 aromatic rings. The molecular weight excluding hydrogens is 288 g/mol. The highest BCUT2D eigenvalue weighted by molar-refractivity contribution is 7.99. The predicted octanol–water partition coefficient (Wildman–Crippen LogP) is 1.30. The fourth-order valence-electron chi connectivity index (χ4n) is 1.97. The van der Waals surface area contributed by atoms with Crippen molar-refractivity contribution < 1.29 is 4.74 Å². The molecule has 1 aliphatic rings. The van der Waals surface area contributed by atoms with E-state index in [1.807, 2.05) is 18.8 Å². The quantitative estimate of drug-likeness (QED) is 0.780. The van der Waals surface area contributed by atoms with Crippen LogP contribution in [0, 0.1) is 0 Å². The van der Waals surface area contributed by atoms with E-state index >= 15 is 0 Å². The first-order chi connectivity index (χ1) is 10.2. The van der Waals surface area contributed by atoms with Crippen molar-refractivity contribution in [3.05, 3.63) is 0 Å². The van der Waals surface area contributed by atoms with Crippen molar-refractivity contribution >= 4 is 29.6 Å². The largest absolute Gasteiger partial charge is 0.378 e. The molecule has 1 aromatic heterocycles. The molecule has 2 N–H and O–H groups in total. The zero-order valence-electron chi connectivity index (χ0n) is 12.9. The molecule has 0 aromatic carbocycles. The number of rotatable bonds is 7. The minimum atomic E-state index is 0.590. The summed E-state index contributed by atoms with van der Waals surface area (Å²) < 4.78 is 5.37. The summed E-state index contributed by atoms with van der Waals surface area (Å²) in [5.74, 6) is 1.93.